The number of fused-ring (bicyclic) bond motifs is 4. The van der Waals surface area contributed by atoms with Gasteiger partial charge in [-0.3, -0.25) is 4.57 Å². The van der Waals surface area contributed by atoms with Crippen LogP contribution in [0.3, 0.4) is 0 Å². The molecule has 0 atom stereocenters. The molecule has 2 aromatic heterocycles. The molecule has 5 rings (SSSR count). The SMILES string of the molecule is c1ccc2cc(-n3c4ccccc4c4cccnc43)ccc2c1. The van der Waals surface area contributed by atoms with E-state index in [1.807, 2.05) is 12.3 Å². The summed E-state index contributed by atoms with van der Waals surface area (Å²) in [7, 11) is 0. The number of benzene rings is 3. The zero-order valence-electron chi connectivity index (χ0n) is 12.5. The zero-order chi connectivity index (χ0) is 15.2. The minimum atomic E-state index is 1.00. The molecule has 3 aromatic carbocycles. The molecule has 0 spiro atoms. The van der Waals surface area contributed by atoms with Crippen LogP contribution in [-0.4, -0.2) is 9.55 Å². The third-order valence-electron chi connectivity index (χ3n) is 4.42. The van der Waals surface area contributed by atoms with Crippen molar-refractivity contribution in [2.75, 3.05) is 0 Å². The Balaban J connectivity index is 1.93. The Morgan fingerprint density at radius 3 is 2.39 bits per heavy atom. The van der Waals surface area contributed by atoms with Crippen molar-refractivity contribution in [3.63, 3.8) is 0 Å². The van der Waals surface area contributed by atoms with E-state index in [0.717, 1.165) is 11.3 Å². The third kappa shape index (κ3) is 1.78. The van der Waals surface area contributed by atoms with Gasteiger partial charge in [0, 0.05) is 22.7 Å². The first kappa shape index (κ1) is 12.4. The van der Waals surface area contributed by atoms with Crippen molar-refractivity contribution >= 4 is 32.7 Å². The molecule has 0 N–H and O–H groups in total. The number of pyridine rings is 1. The number of rotatable bonds is 1. The smallest absolute Gasteiger partial charge is 0.145 e. The van der Waals surface area contributed by atoms with Gasteiger partial charge in [-0.1, -0.05) is 48.5 Å². The minimum Gasteiger partial charge on any atom is -0.294 e. The van der Waals surface area contributed by atoms with E-state index in [1.165, 1.54) is 27.1 Å². The van der Waals surface area contributed by atoms with E-state index in [-0.39, 0.29) is 0 Å². The highest BCUT2D eigenvalue weighted by atomic mass is 15.0. The Labute approximate surface area is 133 Å². The fourth-order valence-electron chi connectivity index (χ4n) is 3.37. The topological polar surface area (TPSA) is 17.8 Å². The predicted octanol–water partition coefficient (Wildman–Crippen LogP) is 5.33. The molecule has 2 heteroatoms. The molecule has 0 unspecified atom stereocenters. The van der Waals surface area contributed by atoms with Gasteiger partial charge in [-0.15, -0.1) is 0 Å². The lowest BCUT2D eigenvalue weighted by Crippen LogP contribution is -1.95. The van der Waals surface area contributed by atoms with Crippen molar-refractivity contribution in [3.8, 4) is 5.69 Å². The van der Waals surface area contributed by atoms with Crippen molar-refractivity contribution in [2.45, 2.75) is 0 Å². The number of aromatic nitrogens is 2. The molecule has 5 aromatic rings. The quantitative estimate of drug-likeness (QED) is 0.408. The lowest BCUT2D eigenvalue weighted by atomic mass is 10.1. The Kier molecular flexibility index (Phi) is 2.53. The molecule has 0 saturated carbocycles. The van der Waals surface area contributed by atoms with Crippen LogP contribution in [-0.2, 0) is 0 Å². The van der Waals surface area contributed by atoms with E-state index >= 15 is 0 Å². The number of hydrogen-bond donors (Lipinski definition) is 0. The van der Waals surface area contributed by atoms with E-state index in [9.17, 15) is 0 Å². The summed E-state index contributed by atoms with van der Waals surface area (Å²) in [5, 5.41) is 4.93. The summed E-state index contributed by atoms with van der Waals surface area (Å²) in [4.78, 5) is 4.64. The lowest BCUT2D eigenvalue weighted by molar-refractivity contribution is 1.14. The maximum atomic E-state index is 4.64. The Morgan fingerprint density at radius 1 is 0.652 bits per heavy atom. The van der Waals surface area contributed by atoms with Gasteiger partial charge in [0.2, 0.25) is 0 Å². The summed E-state index contributed by atoms with van der Waals surface area (Å²) in [6.07, 6.45) is 1.86. The summed E-state index contributed by atoms with van der Waals surface area (Å²) in [6, 6.07) is 27.7. The van der Waals surface area contributed by atoms with Crippen LogP contribution in [0.15, 0.2) is 85.1 Å². The van der Waals surface area contributed by atoms with E-state index < -0.39 is 0 Å². The fraction of sp³-hybridized carbons (Fsp3) is 0. The molecule has 0 aliphatic carbocycles. The average molecular weight is 294 g/mol. The van der Waals surface area contributed by atoms with Crippen molar-refractivity contribution in [3.05, 3.63) is 85.1 Å². The zero-order valence-corrected chi connectivity index (χ0v) is 12.5. The van der Waals surface area contributed by atoms with Gasteiger partial charge in [-0.05, 0) is 41.1 Å². The number of hydrogen-bond acceptors (Lipinski definition) is 1. The molecule has 0 aliphatic rings. The van der Waals surface area contributed by atoms with Crippen LogP contribution >= 0.6 is 0 Å². The second-order valence-corrected chi connectivity index (χ2v) is 5.76. The van der Waals surface area contributed by atoms with Crippen LogP contribution in [0, 0.1) is 0 Å². The number of nitrogens with zero attached hydrogens (tertiary/aromatic N) is 2. The van der Waals surface area contributed by atoms with E-state index in [1.54, 1.807) is 0 Å². The normalized spacial score (nSPS) is 11.5. The molecule has 108 valence electrons. The first-order chi connectivity index (χ1) is 11.4. The molecule has 0 aliphatic heterocycles. The summed E-state index contributed by atoms with van der Waals surface area (Å²) in [6.45, 7) is 0. The standard InChI is InChI=1S/C21H14N2/c1-2-7-16-14-17(12-11-15(16)6-1)23-20-10-4-3-8-18(20)19-9-5-13-22-21(19)23/h1-14H. The van der Waals surface area contributed by atoms with Crippen molar-refractivity contribution < 1.29 is 0 Å². The molecular weight excluding hydrogens is 280 g/mol. The Morgan fingerprint density at radius 2 is 1.43 bits per heavy atom. The Bertz CT molecular complexity index is 1110. The summed E-state index contributed by atoms with van der Waals surface area (Å²) in [5.74, 6) is 0. The highest BCUT2D eigenvalue weighted by Gasteiger charge is 2.12. The minimum absolute atomic E-state index is 1.00. The van der Waals surface area contributed by atoms with Gasteiger partial charge in [0.25, 0.3) is 0 Å². The largest absolute Gasteiger partial charge is 0.294 e. The fourth-order valence-corrected chi connectivity index (χ4v) is 3.37. The van der Waals surface area contributed by atoms with Crippen molar-refractivity contribution in [1.82, 2.24) is 9.55 Å². The van der Waals surface area contributed by atoms with E-state index in [2.05, 4.69) is 82.3 Å². The van der Waals surface area contributed by atoms with Gasteiger partial charge < -0.3 is 0 Å². The molecular formula is C21H14N2. The highest BCUT2D eigenvalue weighted by Crippen LogP contribution is 2.31. The van der Waals surface area contributed by atoms with Gasteiger partial charge in [0.05, 0.1) is 5.52 Å². The second kappa shape index (κ2) is 4.68. The Hall–Kier alpha value is -3.13. The molecule has 0 radical (unpaired) electrons. The van der Waals surface area contributed by atoms with Crippen LogP contribution in [0.25, 0.3) is 38.4 Å². The van der Waals surface area contributed by atoms with Crippen LogP contribution in [0.5, 0.6) is 0 Å². The lowest BCUT2D eigenvalue weighted by Gasteiger charge is -2.08. The first-order valence-corrected chi connectivity index (χ1v) is 7.75. The van der Waals surface area contributed by atoms with Crippen LogP contribution < -0.4 is 0 Å². The van der Waals surface area contributed by atoms with Crippen molar-refractivity contribution in [2.24, 2.45) is 0 Å². The molecule has 0 amide bonds. The maximum absolute atomic E-state index is 4.64. The molecule has 0 bridgehead atoms. The summed E-state index contributed by atoms with van der Waals surface area (Å²) < 4.78 is 2.25. The highest BCUT2D eigenvalue weighted by molar-refractivity contribution is 6.08. The number of para-hydroxylation sites is 1. The van der Waals surface area contributed by atoms with Gasteiger partial charge in [0.15, 0.2) is 0 Å². The van der Waals surface area contributed by atoms with Gasteiger partial charge in [-0.2, -0.15) is 0 Å². The molecule has 2 nitrogen and oxygen atoms in total. The third-order valence-corrected chi connectivity index (χ3v) is 4.42. The van der Waals surface area contributed by atoms with Crippen LogP contribution in [0.1, 0.15) is 0 Å². The van der Waals surface area contributed by atoms with Crippen molar-refractivity contribution in [1.29, 1.82) is 0 Å². The predicted molar refractivity (Wildman–Crippen MR) is 96.1 cm³/mol. The monoisotopic (exact) mass is 294 g/mol. The first-order valence-electron chi connectivity index (χ1n) is 7.75. The van der Waals surface area contributed by atoms with Crippen LogP contribution in [0.4, 0.5) is 0 Å². The molecule has 2 heterocycles. The van der Waals surface area contributed by atoms with Crippen LogP contribution in [0.2, 0.25) is 0 Å². The molecule has 0 fully saturated rings. The molecule has 23 heavy (non-hydrogen) atoms. The molecule has 0 saturated heterocycles. The van der Waals surface area contributed by atoms with Gasteiger partial charge >= 0.3 is 0 Å². The van der Waals surface area contributed by atoms with E-state index in [4.69, 9.17) is 0 Å². The maximum Gasteiger partial charge on any atom is 0.145 e. The average Bonchev–Trinajstić information content (AvgIpc) is 2.96. The summed E-state index contributed by atoms with van der Waals surface area (Å²) in [5.41, 5.74) is 3.34. The van der Waals surface area contributed by atoms with E-state index in [0.29, 0.717) is 0 Å². The summed E-state index contributed by atoms with van der Waals surface area (Å²) >= 11 is 0. The van der Waals surface area contributed by atoms with Gasteiger partial charge in [-0.25, -0.2) is 4.98 Å². The second-order valence-electron chi connectivity index (χ2n) is 5.76. The van der Waals surface area contributed by atoms with Gasteiger partial charge in [0.1, 0.15) is 5.65 Å².